The molecule has 140 valence electrons. The van der Waals surface area contributed by atoms with Crippen molar-refractivity contribution in [1.29, 1.82) is 0 Å². The summed E-state index contributed by atoms with van der Waals surface area (Å²) in [5.41, 5.74) is -0.703. The molecule has 1 atom stereocenters. The molecule has 7 heteroatoms. The van der Waals surface area contributed by atoms with Crippen LogP contribution in [0.1, 0.15) is 45.4 Å². The molecule has 1 unspecified atom stereocenters. The van der Waals surface area contributed by atoms with E-state index in [4.69, 9.17) is 4.74 Å². The number of unbranched alkanes of at least 4 members (excludes halogenated alkanes) is 1. The van der Waals surface area contributed by atoms with Crippen molar-refractivity contribution < 1.29 is 14.3 Å². The normalized spacial score (nSPS) is 23.2. The average Bonchev–Trinajstić information content (AvgIpc) is 2.62. The van der Waals surface area contributed by atoms with Crippen molar-refractivity contribution in [1.82, 2.24) is 15.5 Å². The molecule has 2 aliphatic heterocycles. The average molecular weight is 362 g/mol. The summed E-state index contributed by atoms with van der Waals surface area (Å²) >= 11 is 0. The minimum atomic E-state index is -0.703. The van der Waals surface area contributed by atoms with Gasteiger partial charge in [0.2, 0.25) is 5.91 Å². The molecule has 2 saturated heterocycles. The standard InChI is InChI=1S/C17H31N3O3.ClH/c1-3-4-9-19-15(21)14-6-5-12-20(13-14)16(22)17(23-2)7-10-18-11-8-17;/h14,18H,3-13H2,1-2H3,(H,19,21);1H. The molecule has 0 saturated carbocycles. The van der Waals surface area contributed by atoms with Gasteiger partial charge in [-0.25, -0.2) is 0 Å². The predicted octanol–water partition coefficient (Wildman–Crippen LogP) is 1.33. The molecular weight excluding hydrogens is 330 g/mol. The van der Waals surface area contributed by atoms with Gasteiger partial charge in [0, 0.05) is 26.7 Å². The van der Waals surface area contributed by atoms with E-state index in [9.17, 15) is 9.59 Å². The van der Waals surface area contributed by atoms with Crippen LogP contribution >= 0.6 is 12.4 Å². The van der Waals surface area contributed by atoms with Crippen LogP contribution in [0.15, 0.2) is 0 Å². The Morgan fingerprint density at radius 2 is 2.04 bits per heavy atom. The number of likely N-dealkylation sites (tertiary alicyclic amines) is 1. The van der Waals surface area contributed by atoms with Crippen molar-refractivity contribution in [2.45, 2.75) is 51.0 Å². The van der Waals surface area contributed by atoms with Gasteiger partial charge in [0.05, 0.1) is 5.92 Å². The molecule has 6 nitrogen and oxygen atoms in total. The number of methoxy groups -OCH3 is 1. The maximum absolute atomic E-state index is 13.0. The highest BCUT2D eigenvalue weighted by Crippen LogP contribution is 2.28. The minimum absolute atomic E-state index is 0. The first-order chi connectivity index (χ1) is 11.1. The monoisotopic (exact) mass is 361 g/mol. The Labute approximate surface area is 151 Å². The van der Waals surface area contributed by atoms with E-state index in [-0.39, 0.29) is 30.1 Å². The number of rotatable bonds is 6. The van der Waals surface area contributed by atoms with Crippen molar-refractivity contribution in [3.8, 4) is 0 Å². The number of halogens is 1. The summed E-state index contributed by atoms with van der Waals surface area (Å²) in [5, 5.41) is 6.27. The van der Waals surface area contributed by atoms with Crippen molar-refractivity contribution in [2.75, 3.05) is 39.8 Å². The summed E-state index contributed by atoms with van der Waals surface area (Å²) in [4.78, 5) is 27.1. The molecule has 24 heavy (non-hydrogen) atoms. The second-order valence-corrected chi connectivity index (χ2v) is 6.68. The summed E-state index contributed by atoms with van der Waals surface area (Å²) in [6.07, 6.45) is 5.22. The lowest BCUT2D eigenvalue weighted by atomic mass is 9.88. The fourth-order valence-electron chi connectivity index (χ4n) is 3.53. The van der Waals surface area contributed by atoms with Crippen molar-refractivity contribution in [3.05, 3.63) is 0 Å². The lowest BCUT2D eigenvalue weighted by molar-refractivity contribution is -0.160. The lowest BCUT2D eigenvalue weighted by Gasteiger charge is -2.41. The van der Waals surface area contributed by atoms with Gasteiger partial charge in [-0.1, -0.05) is 13.3 Å². The van der Waals surface area contributed by atoms with E-state index < -0.39 is 5.60 Å². The molecule has 2 fully saturated rings. The summed E-state index contributed by atoms with van der Waals surface area (Å²) in [6.45, 7) is 5.69. The second kappa shape index (κ2) is 10.2. The Kier molecular flexibility index (Phi) is 9.02. The maximum Gasteiger partial charge on any atom is 0.254 e. The highest BCUT2D eigenvalue weighted by molar-refractivity contribution is 5.87. The highest BCUT2D eigenvalue weighted by Gasteiger charge is 2.43. The zero-order valence-electron chi connectivity index (χ0n) is 14.9. The van der Waals surface area contributed by atoms with Gasteiger partial charge in [-0.05, 0) is 45.2 Å². The highest BCUT2D eigenvalue weighted by atomic mass is 35.5. The molecule has 2 heterocycles. The van der Waals surface area contributed by atoms with Gasteiger partial charge >= 0.3 is 0 Å². The molecule has 2 N–H and O–H groups in total. The summed E-state index contributed by atoms with van der Waals surface area (Å²) in [5.74, 6) is 0.0699. The lowest BCUT2D eigenvalue weighted by Crippen LogP contribution is -2.57. The van der Waals surface area contributed by atoms with E-state index >= 15 is 0 Å². The summed E-state index contributed by atoms with van der Waals surface area (Å²) in [7, 11) is 1.63. The van der Waals surface area contributed by atoms with Gasteiger partial charge in [-0.2, -0.15) is 0 Å². The zero-order valence-corrected chi connectivity index (χ0v) is 15.8. The van der Waals surface area contributed by atoms with Crippen LogP contribution < -0.4 is 10.6 Å². The summed E-state index contributed by atoms with van der Waals surface area (Å²) < 4.78 is 5.64. The third-order valence-corrected chi connectivity index (χ3v) is 5.10. The molecule has 2 rings (SSSR count). The van der Waals surface area contributed by atoms with E-state index in [1.54, 1.807) is 7.11 Å². The van der Waals surface area contributed by atoms with E-state index in [0.29, 0.717) is 19.4 Å². The van der Waals surface area contributed by atoms with Gasteiger partial charge < -0.3 is 20.3 Å². The predicted molar refractivity (Wildman–Crippen MR) is 96.3 cm³/mol. The first-order valence-corrected chi connectivity index (χ1v) is 8.96. The Balaban J connectivity index is 0.00000288. The molecule has 0 radical (unpaired) electrons. The van der Waals surface area contributed by atoms with Crippen molar-refractivity contribution in [3.63, 3.8) is 0 Å². The third kappa shape index (κ3) is 5.07. The van der Waals surface area contributed by atoms with Gasteiger partial charge in [0.15, 0.2) is 0 Å². The van der Waals surface area contributed by atoms with Crippen LogP contribution in [0.3, 0.4) is 0 Å². The smallest absolute Gasteiger partial charge is 0.254 e. The van der Waals surface area contributed by atoms with Gasteiger partial charge in [-0.15, -0.1) is 12.4 Å². The second-order valence-electron chi connectivity index (χ2n) is 6.68. The fraction of sp³-hybridized carbons (Fsp3) is 0.882. The minimum Gasteiger partial charge on any atom is -0.368 e. The number of carbonyl (C=O) groups is 2. The number of amides is 2. The van der Waals surface area contributed by atoms with Crippen LogP contribution in [0.5, 0.6) is 0 Å². The van der Waals surface area contributed by atoms with E-state index in [2.05, 4.69) is 17.6 Å². The van der Waals surface area contributed by atoms with Crippen LogP contribution in [-0.4, -0.2) is 62.1 Å². The van der Waals surface area contributed by atoms with Gasteiger partial charge in [-0.3, -0.25) is 9.59 Å². The van der Waals surface area contributed by atoms with E-state index in [1.807, 2.05) is 4.90 Å². The Morgan fingerprint density at radius 3 is 2.67 bits per heavy atom. The molecule has 2 aliphatic rings. The molecule has 2 amide bonds. The van der Waals surface area contributed by atoms with Gasteiger partial charge in [0.25, 0.3) is 5.91 Å². The number of hydrogen-bond acceptors (Lipinski definition) is 4. The molecular formula is C17H32ClN3O3. The number of piperidine rings is 2. The number of ether oxygens (including phenoxy) is 1. The fourth-order valence-corrected chi connectivity index (χ4v) is 3.53. The SMILES string of the molecule is CCCCNC(=O)C1CCCN(C(=O)C2(OC)CCNCC2)C1.Cl. The zero-order chi connectivity index (χ0) is 16.7. The maximum atomic E-state index is 13.0. The van der Waals surface area contributed by atoms with E-state index in [1.165, 1.54) is 0 Å². The van der Waals surface area contributed by atoms with Crippen molar-refractivity contribution in [2.24, 2.45) is 5.92 Å². The molecule has 0 aliphatic carbocycles. The number of carbonyl (C=O) groups excluding carboxylic acids is 2. The first kappa shape index (κ1) is 21.2. The molecule has 0 aromatic heterocycles. The molecule has 0 spiro atoms. The quantitative estimate of drug-likeness (QED) is 0.700. The largest absolute Gasteiger partial charge is 0.368 e. The topological polar surface area (TPSA) is 70.7 Å². The molecule has 0 aromatic carbocycles. The van der Waals surface area contributed by atoms with Crippen LogP contribution in [-0.2, 0) is 14.3 Å². The third-order valence-electron chi connectivity index (χ3n) is 5.10. The van der Waals surface area contributed by atoms with Crippen LogP contribution in [0, 0.1) is 5.92 Å². The molecule has 0 bridgehead atoms. The molecule has 0 aromatic rings. The van der Waals surface area contributed by atoms with E-state index in [0.717, 1.165) is 51.9 Å². The van der Waals surface area contributed by atoms with Crippen LogP contribution in [0.25, 0.3) is 0 Å². The van der Waals surface area contributed by atoms with Crippen LogP contribution in [0.2, 0.25) is 0 Å². The number of nitrogens with zero attached hydrogens (tertiary/aromatic N) is 1. The van der Waals surface area contributed by atoms with Crippen molar-refractivity contribution >= 4 is 24.2 Å². The summed E-state index contributed by atoms with van der Waals surface area (Å²) in [6, 6.07) is 0. The van der Waals surface area contributed by atoms with Crippen LogP contribution in [0.4, 0.5) is 0 Å². The number of hydrogen-bond donors (Lipinski definition) is 2. The number of nitrogens with one attached hydrogen (secondary N) is 2. The Bertz CT molecular complexity index is 414. The Hall–Kier alpha value is -0.850. The Morgan fingerprint density at radius 1 is 1.33 bits per heavy atom. The van der Waals surface area contributed by atoms with Gasteiger partial charge in [0.1, 0.15) is 5.60 Å². The first-order valence-electron chi connectivity index (χ1n) is 8.96.